The molecule has 6 nitrogen and oxygen atoms in total. The fourth-order valence-corrected chi connectivity index (χ4v) is 2.79. The monoisotopic (exact) mass is 318 g/mol. The summed E-state index contributed by atoms with van der Waals surface area (Å²) in [4.78, 5) is 27.0. The molecule has 0 aliphatic carbocycles. The van der Waals surface area contributed by atoms with E-state index in [2.05, 4.69) is 10.3 Å². The van der Waals surface area contributed by atoms with Crippen LogP contribution in [0.25, 0.3) is 0 Å². The number of hydrogen-bond acceptors (Lipinski definition) is 4. The van der Waals surface area contributed by atoms with Gasteiger partial charge in [0.1, 0.15) is 17.6 Å². The molecule has 2 heterocycles. The molecule has 2 rings (SSSR count). The molecule has 0 aromatic carbocycles. The molecule has 6 heteroatoms. The average Bonchev–Trinajstić information content (AvgIpc) is 3.06. The second-order valence-electron chi connectivity index (χ2n) is 5.82. The molecular weight excluding hydrogens is 296 g/mol. The molecule has 3 N–H and O–H groups in total. The standard InChI is InChI=1S/C17H22N2O4/c1-9(8-13(21)14-6-5-7-23-14)18-17(22)16-10(2)15(12(4)20)11(3)19-16/h5-7,9,13,19,21H,8H2,1-4H3,(H,18,22)/t9-,13-/m0/s1. The summed E-state index contributed by atoms with van der Waals surface area (Å²) < 4.78 is 5.14. The predicted octanol–water partition coefficient (Wildman–Crippen LogP) is 2.67. The first-order valence-corrected chi connectivity index (χ1v) is 7.53. The molecule has 0 unspecified atom stereocenters. The van der Waals surface area contributed by atoms with Gasteiger partial charge < -0.3 is 19.8 Å². The number of amides is 1. The highest BCUT2D eigenvalue weighted by molar-refractivity contribution is 6.02. The van der Waals surface area contributed by atoms with Crippen LogP contribution in [-0.2, 0) is 0 Å². The number of carbonyl (C=O) groups excluding carboxylic acids is 2. The molecule has 0 spiro atoms. The average molecular weight is 318 g/mol. The zero-order valence-corrected chi connectivity index (χ0v) is 13.8. The number of aryl methyl sites for hydroxylation is 1. The van der Waals surface area contributed by atoms with Crippen LogP contribution in [0.4, 0.5) is 0 Å². The number of furan rings is 1. The van der Waals surface area contributed by atoms with E-state index < -0.39 is 6.10 Å². The topological polar surface area (TPSA) is 95.3 Å². The third-order valence-electron chi connectivity index (χ3n) is 3.84. The van der Waals surface area contributed by atoms with E-state index in [-0.39, 0.29) is 17.7 Å². The highest BCUT2D eigenvalue weighted by Gasteiger charge is 2.22. The van der Waals surface area contributed by atoms with Crippen molar-refractivity contribution >= 4 is 11.7 Å². The number of carbonyl (C=O) groups is 2. The number of nitrogens with one attached hydrogen (secondary N) is 2. The summed E-state index contributed by atoms with van der Waals surface area (Å²) in [7, 11) is 0. The summed E-state index contributed by atoms with van der Waals surface area (Å²) >= 11 is 0. The van der Waals surface area contributed by atoms with Gasteiger partial charge in [-0.2, -0.15) is 0 Å². The van der Waals surface area contributed by atoms with Gasteiger partial charge in [0.15, 0.2) is 5.78 Å². The highest BCUT2D eigenvalue weighted by Crippen LogP contribution is 2.20. The summed E-state index contributed by atoms with van der Waals surface area (Å²) in [5, 5.41) is 12.9. The Morgan fingerprint density at radius 2 is 2.09 bits per heavy atom. The Balaban J connectivity index is 2.04. The second-order valence-corrected chi connectivity index (χ2v) is 5.82. The fraction of sp³-hybridized carbons (Fsp3) is 0.412. The van der Waals surface area contributed by atoms with Crippen LogP contribution >= 0.6 is 0 Å². The van der Waals surface area contributed by atoms with Crippen molar-refractivity contribution in [1.29, 1.82) is 0 Å². The Labute approximate surface area is 134 Å². The Morgan fingerprint density at radius 3 is 2.61 bits per heavy atom. The largest absolute Gasteiger partial charge is 0.467 e. The number of Topliss-reactive ketones (excluding diaryl/α,β-unsaturated/α-hetero) is 1. The van der Waals surface area contributed by atoms with Crippen molar-refractivity contribution in [3.8, 4) is 0 Å². The van der Waals surface area contributed by atoms with Gasteiger partial charge in [-0.05, 0) is 45.4 Å². The maximum absolute atomic E-state index is 12.4. The van der Waals surface area contributed by atoms with Crippen LogP contribution in [0.1, 0.15) is 64.2 Å². The lowest BCUT2D eigenvalue weighted by Crippen LogP contribution is -2.34. The molecular formula is C17H22N2O4. The van der Waals surface area contributed by atoms with Gasteiger partial charge in [-0.3, -0.25) is 9.59 Å². The minimum Gasteiger partial charge on any atom is -0.467 e. The molecule has 2 aromatic rings. The smallest absolute Gasteiger partial charge is 0.268 e. The van der Waals surface area contributed by atoms with Crippen LogP contribution in [0.3, 0.4) is 0 Å². The van der Waals surface area contributed by atoms with Gasteiger partial charge in [0, 0.05) is 23.7 Å². The highest BCUT2D eigenvalue weighted by atomic mass is 16.4. The van der Waals surface area contributed by atoms with Crippen LogP contribution < -0.4 is 5.32 Å². The van der Waals surface area contributed by atoms with Crippen molar-refractivity contribution in [3.63, 3.8) is 0 Å². The molecule has 2 atom stereocenters. The number of aromatic amines is 1. The van der Waals surface area contributed by atoms with E-state index >= 15 is 0 Å². The lowest BCUT2D eigenvalue weighted by molar-refractivity contribution is 0.0898. The first-order valence-electron chi connectivity index (χ1n) is 7.53. The van der Waals surface area contributed by atoms with Crippen molar-refractivity contribution in [2.75, 3.05) is 0 Å². The Hall–Kier alpha value is -2.34. The third-order valence-corrected chi connectivity index (χ3v) is 3.84. The Kier molecular flexibility index (Phi) is 5.05. The minimum absolute atomic E-state index is 0.0726. The van der Waals surface area contributed by atoms with Gasteiger partial charge in [0.05, 0.1) is 6.26 Å². The number of aliphatic hydroxyl groups excluding tert-OH is 1. The van der Waals surface area contributed by atoms with Gasteiger partial charge in [-0.15, -0.1) is 0 Å². The fourth-order valence-electron chi connectivity index (χ4n) is 2.79. The molecule has 0 saturated carbocycles. The zero-order valence-electron chi connectivity index (χ0n) is 13.8. The van der Waals surface area contributed by atoms with Crippen LogP contribution in [0.2, 0.25) is 0 Å². The van der Waals surface area contributed by atoms with Crippen molar-refractivity contribution in [2.45, 2.75) is 46.3 Å². The molecule has 2 aromatic heterocycles. The SMILES string of the molecule is CC(=O)c1c(C)[nH]c(C(=O)N[C@@H](C)C[C@H](O)c2ccco2)c1C. The number of hydrogen-bond donors (Lipinski definition) is 3. The number of ketones is 1. The Bertz CT molecular complexity index is 701. The first kappa shape index (κ1) is 17.0. The molecule has 23 heavy (non-hydrogen) atoms. The molecule has 0 fully saturated rings. The van der Waals surface area contributed by atoms with Crippen LogP contribution in [0.15, 0.2) is 22.8 Å². The predicted molar refractivity (Wildman–Crippen MR) is 85.5 cm³/mol. The third kappa shape index (κ3) is 3.71. The summed E-state index contributed by atoms with van der Waals surface area (Å²) in [5.74, 6) is 0.102. The Morgan fingerprint density at radius 1 is 1.39 bits per heavy atom. The van der Waals surface area contributed by atoms with E-state index in [4.69, 9.17) is 4.42 Å². The van der Waals surface area contributed by atoms with Crippen molar-refractivity contribution in [3.05, 3.63) is 46.7 Å². The lowest BCUT2D eigenvalue weighted by Gasteiger charge is -2.16. The van der Waals surface area contributed by atoms with Crippen LogP contribution in [0, 0.1) is 13.8 Å². The second kappa shape index (κ2) is 6.83. The minimum atomic E-state index is -0.778. The maximum atomic E-state index is 12.4. The number of H-pyrrole nitrogens is 1. The summed E-state index contributed by atoms with van der Waals surface area (Å²) in [5.41, 5.74) is 2.26. The van der Waals surface area contributed by atoms with E-state index in [9.17, 15) is 14.7 Å². The van der Waals surface area contributed by atoms with Crippen molar-refractivity contribution < 1.29 is 19.1 Å². The van der Waals surface area contributed by atoms with Gasteiger partial charge in [-0.1, -0.05) is 0 Å². The normalized spacial score (nSPS) is 13.6. The van der Waals surface area contributed by atoms with Gasteiger partial charge in [0.2, 0.25) is 0 Å². The molecule has 0 bridgehead atoms. The van der Waals surface area contributed by atoms with Crippen molar-refractivity contribution in [2.24, 2.45) is 0 Å². The van der Waals surface area contributed by atoms with E-state index in [0.29, 0.717) is 34.7 Å². The number of aromatic nitrogens is 1. The number of aliphatic hydroxyl groups is 1. The van der Waals surface area contributed by atoms with Gasteiger partial charge in [0.25, 0.3) is 5.91 Å². The first-order chi connectivity index (χ1) is 10.8. The number of rotatable bonds is 6. The zero-order chi connectivity index (χ0) is 17.1. The van der Waals surface area contributed by atoms with E-state index in [1.165, 1.54) is 13.2 Å². The molecule has 124 valence electrons. The van der Waals surface area contributed by atoms with Gasteiger partial charge in [-0.25, -0.2) is 0 Å². The lowest BCUT2D eigenvalue weighted by atomic mass is 10.1. The van der Waals surface area contributed by atoms with Crippen LogP contribution in [0.5, 0.6) is 0 Å². The summed E-state index contributed by atoms with van der Waals surface area (Å²) in [6, 6.07) is 3.14. The van der Waals surface area contributed by atoms with E-state index in [1.807, 2.05) is 0 Å². The summed E-state index contributed by atoms with van der Waals surface area (Å²) in [6.45, 7) is 6.80. The molecule has 0 aliphatic rings. The molecule has 1 amide bonds. The van der Waals surface area contributed by atoms with Crippen molar-refractivity contribution in [1.82, 2.24) is 10.3 Å². The molecule has 0 aliphatic heterocycles. The van der Waals surface area contributed by atoms with E-state index in [0.717, 1.165) is 0 Å². The van der Waals surface area contributed by atoms with Gasteiger partial charge >= 0.3 is 0 Å². The van der Waals surface area contributed by atoms with Crippen LogP contribution in [-0.4, -0.2) is 27.8 Å². The molecule has 0 saturated heterocycles. The quantitative estimate of drug-likeness (QED) is 0.714. The molecule has 0 radical (unpaired) electrons. The summed E-state index contributed by atoms with van der Waals surface area (Å²) in [6.07, 6.45) is 1.05. The van der Waals surface area contributed by atoms with E-state index in [1.54, 1.807) is 32.9 Å². The maximum Gasteiger partial charge on any atom is 0.268 e.